The highest BCUT2D eigenvalue weighted by Crippen LogP contribution is 2.11. The van der Waals surface area contributed by atoms with Gasteiger partial charge in [-0.25, -0.2) is 9.98 Å². The Labute approximate surface area is 76.7 Å². The molecular formula is C8H10ClN3. The van der Waals surface area contributed by atoms with Crippen molar-refractivity contribution in [3.8, 4) is 0 Å². The highest BCUT2D eigenvalue weighted by atomic mass is 35.5. The highest BCUT2D eigenvalue weighted by Gasteiger charge is 1.90. The third-order valence-corrected chi connectivity index (χ3v) is 1.33. The minimum atomic E-state index is 0.461. The van der Waals surface area contributed by atoms with Crippen LogP contribution in [0, 0.1) is 0 Å². The van der Waals surface area contributed by atoms with Crippen molar-refractivity contribution in [2.24, 2.45) is 4.99 Å². The Kier molecular flexibility index (Phi) is 3.05. The van der Waals surface area contributed by atoms with Crippen LogP contribution in [-0.4, -0.2) is 30.3 Å². The Morgan fingerprint density at radius 2 is 2.25 bits per heavy atom. The van der Waals surface area contributed by atoms with Crippen LogP contribution in [0.1, 0.15) is 0 Å². The lowest BCUT2D eigenvalue weighted by Gasteiger charge is -2.01. The Hall–Kier alpha value is -1.09. The SMILES string of the molecule is CN(C)C=Nc1cccc(Cl)n1. The molecule has 64 valence electrons. The van der Waals surface area contributed by atoms with Gasteiger partial charge >= 0.3 is 0 Å². The van der Waals surface area contributed by atoms with Crippen molar-refractivity contribution in [2.75, 3.05) is 14.1 Å². The van der Waals surface area contributed by atoms with E-state index in [9.17, 15) is 0 Å². The minimum absolute atomic E-state index is 0.461. The van der Waals surface area contributed by atoms with E-state index in [1.54, 1.807) is 18.5 Å². The predicted octanol–water partition coefficient (Wildman–Crippen LogP) is 1.96. The first-order chi connectivity index (χ1) is 5.68. The van der Waals surface area contributed by atoms with E-state index in [2.05, 4.69) is 9.98 Å². The first-order valence-corrected chi connectivity index (χ1v) is 3.89. The molecule has 1 heterocycles. The van der Waals surface area contributed by atoms with Gasteiger partial charge in [0.25, 0.3) is 0 Å². The summed E-state index contributed by atoms with van der Waals surface area (Å²) >= 11 is 5.66. The van der Waals surface area contributed by atoms with E-state index in [0.717, 1.165) is 0 Å². The lowest BCUT2D eigenvalue weighted by atomic mass is 10.5. The maximum absolute atomic E-state index is 5.66. The van der Waals surface area contributed by atoms with Crippen LogP contribution in [0.4, 0.5) is 5.82 Å². The number of halogens is 1. The molecule has 1 aromatic heterocycles. The number of pyridine rings is 1. The van der Waals surface area contributed by atoms with E-state index < -0.39 is 0 Å². The summed E-state index contributed by atoms with van der Waals surface area (Å²) in [5, 5.41) is 0.461. The average molecular weight is 184 g/mol. The largest absolute Gasteiger partial charge is 0.369 e. The number of aliphatic imine (C=N–C) groups is 1. The normalized spacial score (nSPS) is 10.6. The van der Waals surface area contributed by atoms with Gasteiger partial charge in [0, 0.05) is 14.1 Å². The summed E-state index contributed by atoms with van der Waals surface area (Å²) < 4.78 is 0. The van der Waals surface area contributed by atoms with Crippen molar-refractivity contribution >= 4 is 23.8 Å². The van der Waals surface area contributed by atoms with E-state index in [0.29, 0.717) is 11.0 Å². The van der Waals surface area contributed by atoms with Gasteiger partial charge in [-0.1, -0.05) is 17.7 Å². The van der Waals surface area contributed by atoms with Crippen molar-refractivity contribution < 1.29 is 0 Å². The van der Waals surface area contributed by atoms with Crippen LogP contribution in [0.3, 0.4) is 0 Å². The molecule has 0 atom stereocenters. The van der Waals surface area contributed by atoms with Gasteiger partial charge in [-0.3, -0.25) is 0 Å². The molecule has 0 aliphatic carbocycles. The third kappa shape index (κ3) is 2.88. The average Bonchev–Trinajstić information content (AvgIpc) is 2.01. The van der Waals surface area contributed by atoms with E-state index >= 15 is 0 Å². The van der Waals surface area contributed by atoms with Crippen molar-refractivity contribution in [1.82, 2.24) is 9.88 Å². The van der Waals surface area contributed by atoms with Gasteiger partial charge in [-0.15, -0.1) is 0 Å². The van der Waals surface area contributed by atoms with Crippen LogP contribution in [0.2, 0.25) is 5.15 Å². The fraction of sp³-hybridized carbons (Fsp3) is 0.250. The first kappa shape index (κ1) is 9.00. The van der Waals surface area contributed by atoms with E-state index in [1.165, 1.54) is 0 Å². The van der Waals surface area contributed by atoms with Gasteiger partial charge in [0.1, 0.15) is 5.15 Å². The zero-order valence-corrected chi connectivity index (χ0v) is 7.78. The van der Waals surface area contributed by atoms with Gasteiger partial charge in [0.05, 0.1) is 6.34 Å². The van der Waals surface area contributed by atoms with Gasteiger partial charge in [-0.2, -0.15) is 0 Å². The van der Waals surface area contributed by atoms with Gasteiger partial charge in [-0.05, 0) is 12.1 Å². The first-order valence-electron chi connectivity index (χ1n) is 3.51. The molecule has 0 saturated carbocycles. The summed E-state index contributed by atoms with van der Waals surface area (Å²) in [6.45, 7) is 0. The monoisotopic (exact) mass is 183 g/mol. The topological polar surface area (TPSA) is 28.5 Å². The van der Waals surface area contributed by atoms with Gasteiger partial charge < -0.3 is 4.90 Å². The Bertz CT molecular complexity index is 283. The third-order valence-electron chi connectivity index (χ3n) is 1.12. The molecule has 0 radical (unpaired) electrons. The predicted molar refractivity (Wildman–Crippen MR) is 51.1 cm³/mol. The maximum Gasteiger partial charge on any atom is 0.155 e. The molecule has 3 nitrogen and oxygen atoms in total. The van der Waals surface area contributed by atoms with Crippen molar-refractivity contribution in [3.05, 3.63) is 23.4 Å². The number of hydrogen-bond donors (Lipinski definition) is 0. The fourth-order valence-corrected chi connectivity index (χ4v) is 0.803. The van der Waals surface area contributed by atoms with Crippen LogP contribution in [0.25, 0.3) is 0 Å². The Morgan fingerprint density at radius 3 is 2.83 bits per heavy atom. The quantitative estimate of drug-likeness (QED) is 0.399. The van der Waals surface area contributed by atoms with E-state index in [-0.39, 0.29) is 0 Å². The van der Waals surface area contributed by atoms with Gasteiger partial charge in [0.2, 0.25) is 0 Å². The Morgan fingerprint density at radius 1 is 1.50 bits per heavy atom. The summed E-state index contributed by atoms with van der Waals surface area (Å²) in [4.78, 5) is 9.89. The van der Waals surface area contributed by atoms with Crippen LogP contribution in [0.15, 0.2) is 23.2 Å². The van der Waals surface area contributed by atoms with E-state index in [4.69, 9.17) is 11.6 Å². The summed E-state index contributed by atoms with van der Waals surface area (Å²) in [5.41, 5.74) is 0. The fourth-order valence-electron chi connectivity index (χ4n) is 0.644. The van der Waals surface area contributed by atoms with Crippen LogP contribution < -0.4 is 0 Å². The molecule has 0 bridgehead atoms. The molecular weight excluding hydrogens is 174 g/mol. The molecule has 1 rings (SSSR count). The molecule has 0 aliphatic heterocycles. The van der Waals surface area contributed by atoms with Gasteiger partial charge in [0.15, 0.2) is 5.82 Å². The maximum atomic E-state index is 5.66. The molecule has 0 unspecified atom stereocenters. The second kappa shape index (κ2) is 4.07. The molecule has 1 aromatic rings. The molecule has 0 amide bonds. The van der Waals surface area contributed by atoms with Crippen LogP contribution in [-0.2, 0) is 0 Å². The summed E-state index contributed by atoms with van der Waals surface area (Å²) in [6, 6.07) is 5.33. The highest BCUT2D eigenvalue weighted by molar-refractivity contribution is 6.29. The summed E-state index contributed by atoms with van der Waals surface area (Å²) in [7, 11) is 3.79. The molecule has 0 fully saturated rings. The van der Waals surface area contributed by atoms with Crippen LogP contribution >= 0.6 is 11.6 Å². The van der Waals surface area contributed by atoms with E-state index in [1.807, 2.05) is 25.1 Å². The summed E-state index contributed by atoms with van der Waals surface area (Å²) in [5.74, 6) is 0.621. The molecule has 0 spiro atoms. The lowest BCUT2D eigenvalue weighted by Crippen LogP contribution is -2.07. The molecule has 0 aromatic carbocycles. The summed E-state index contributed by atoms with van der Waals surface area (Å²) in [6.07, 6.45) is 1.68. The second-order valence-electron chi connectivity index (χ2n) is 2.53. The molecule has 12 heavy (non-hydrogen) atoms. The lowest BCUT2D eigenvalue weighted by molar-refractivity contribution is 0.643. The zero-order valence-electron chi connectivity index (χ0n) is 7.03. The van der Waals surface area contributed by atoms with Crippen molar-refractivity contribution in [1.29, 1.82) is 0 Å². The van der Waals surface area contributed by atoms with Crippen molar-refractivity contribution in [2.45, 2.75) is 0 Å². The number of rotatable bonds is 2. The smallest absolute Gasteiger partial charge is 0.155 e. The van der Waals surface area contributed by atoms with Crippen molar-refractivity contribution in [3.63, 3.8) is 0 Å². The number of aromatic nitrogens is 1. The molecule has 0 aliphatic rings. The molecule has 0 saturated heterocycles. The van der Waals surface area contributed by atoms with Crippen LogP contribution in [0.5, 0.6) is 0 Å². The zero-order chi connectivity index (χ0) is 8.97. The number of hydrogen-bond acceptors (Lipinski definition) is 2. The number of nitrogens with zero attached hydrogens (tertiary/aromatic N) is 3. The standard InChI is InChI=1S/C8H10ClN3/c1-12(2)6-10-8-5-3-4-7(9)11-8/h3-6H,1-2H3. The Balaban J connectivity index is 2.76. The molecule has 4 heteroatoms. The molecule has 0 N–H and O–H groups in total. The second-order valence-corrected chi connectivity index (χ2v) is 2.91. The minimum Gasteiger partial charge on any atom is -0.369 e.